The molecule has 0 aliphatic heterocycles. The van der Waals surface area contributed by atoms with Crippen LogP contribution >= 0.6 is 11.6 Å². The topological polar surface area (TPSA) is 51.1 Å². The standard InChI is InChI=1S/C24H19ClN2O2/c1-2-27-20-11-7-6-10-19(20)22(28)21(16-8-4-3-5-9-16)23(27)26-24(29)17-12-14-18(25)15-13-17/h3-15H,2H2,1H3,(H,26,29). The highest BCUT2D eigenvalue weighted by Crippen LogP contribution is 2.29. The molecular formula is C24H19ClN2O2. The predicted octanol–water partition coefficient (Wildman–Crippen LogP) is 5.59. The highest BCUT2D eigenvalue weighted by atomic mass is 35.5. The highest BCUT2D eigenvalue weighted by Gasteiger charge is 2.20. The van der Waals surface area contributed by atoms with E-state index in [1.54, 1.807) is 24.3 Å². The molecule has 0 bridgehead atoms. The van der Waals surface area contributed by atoms with E-state index in [-0.39, 0.29) is 11.3 Å². The van der Waals surface area contributed by atoms with Crippen molar-refractivity contribution in [2.45, 2.75) is 13.5 Å². The molecule has 29 heavy (non-hydrogen) atoms. The van der Waals surface area contributed by atoms with Gasteiger partial charge in [-0.15, -0.1) is 0 Å². The number of rotatable bonds is 4. The van der Waals surface area contributed by atoms with E-state index in [4.69, 9.17) is 11.6 Å². The van der Waals surface area contributed by atoms with Crippen LogP contribution in [0.5, 0.6) is 0 Å². The van der Waals surface area contributed by atoms with Crippen LogP contribution < -0.4 is 10.7 Å². The Bertz CT molecular complexity index is 1250. The van der Waals surface area contributed by atoms with Crippen molar-refractivity contribution in [1.82, 2.24) is 4.57 Å². The van der Waals surface area contributed by atoms with Gasteiger partial charge in [0, 0.05) is 22.5 Å². The molecule has 0 aliphatic carbocycles. The number of fused-ring (bicyclic) bond motifs is 1. The Morgan fingerprint density at radius 2 is 1.59 bits per heavy atom. The number of para-hydroxylation sites is 1. The van der Waals surface area contributed by atoms with Crippen LogP contribution in [0.2, 0.25) is 5.02 Å². The number of amides is 1. The van der Waals surface area contributed by atoms with E-state index in [2.05, 4.69) is 5.32 Å². The van der Waals surface area contributed by atoms with E-state index in [1.807, 2.05) is 66.1 Å². The molecule has 4 nitrogen and oxygen atoms in total. The SMILES string of the molecule is CCn1c(NC(=O)c2ccc(Cl)cc2)c(-c2ccccc2)c(=O)c2ccccc21. The third-order valence-electron chi connectivity index (χ3n) is 4.89. The van der Waals surface area contributed by atoms with Crippen molar-refractivity contribution in [1.29, 1.82) is 0 Å². The molecule has 4 aromatic rings. The van der Waals surface area contributed by atoms with Crippen LogP contribution in [-0.4, -0.2) is 10.5 Å². The van der Waals surface area contributed by atoms with E-state index in [0.717, 1.165) is 11.1 Å². The molecule has 3 aromatic carbocycles. The number of hydrogen-bond donors (Lipinski definition) is 1. The van der Waals surface area contributed by atoms with Crippen LogP contribution in [0.4, 0.5) is 5.82 Å². The summed E-state index contributed by atoms with van der Waals surface area (Å²) in [6.07, 6.45) is 0. The van der Waals surface area contributed by atoms with E-state index in [1.165, 1.54) is 0 Å². The van der Waals surface area contributed by atoms with Gasteiger partial charge >= 0.3 is 0 Å². The molecular weight excluding hydrogens is 384 g/mol. The first-order chi connectivity index (χ1) is 14.1. The summed E-state index contributed by atoms with van der Waals surface area (Å²) >= 11 is 5.94. The van der Waals surface area contributed by atoms with Crippen molar-refractivity contribution in [3.63, 3.8) is 0 Å². The van der Waals surface area contributed by atoms with Crippen molar-refractivity contribution in [2.24, 2.45) is 0 Å². The molecule has 1 amide bonds. The number of aromatic nitrogens is 1. The molecule has 0 aliphatic rings. The van der Waals surface area contributed by atoms with Crippen molar-refractivity contribution < 1.29 is 4.79 Å². The van der Waals surface area contributed by atoms with Crippen molar-refractivity contribution >= 4 is 34.2 Å². The summed E-state index contributed by atoms with van der Waals surface area (Å²) in [4.78, 5) is 26.4. The van der Waals surface area contributed by atoms with Gasteiger partial charge in [0.05, 0.1) is 11.1 Å². The number of hydrogen-bond acceptors (Lipinski definition) is 2. The zero-order valence-corrected chi connectivity index (χ0v) is 16.6. The van der Waals surface area contributed by atoms with Crippen LogP contribution in [0.3, 0.4) is 0 Å². The lowest BCUT2D eigenvalue weighted by Crippen LogP contribution is -2.22. The van der Waals surface area contributed by atoms with Crippen LogP contribution in [-0.2, 0) is 6.54 Å². The van der Waals surface area contributed by atoms with Crippen LogP contribution in [0, 0.1) is 0 Å². The number of anilines is 1. The fourth-order valence-corrected chi connectivity index (χ4v) is 3.64. The van der Waals surface area contributed by atoms with Gasteiger partial charge in [0.25, 0.3) is 5.91 Å². The van der Waals surface area contributed by atoms with Gasteiger partial charge in [-0.2, -0.15) is 0 Å². The van der Waals surface area contributed by atoms with Crippen molar-refractivity contribution in [2.75, 3.05) is 5.32 Å². The number of halogens is 1. The molecule has 5 heteroatoms. The first kappa shape index (κ1) is 19.0. The average molecular weight is 403 g/mol. The molecule has 0 atom stereocenters. The molecule has 4 rings (SSSR count). The molecule has 0 spiro atoms. The summed E-state index contributed by atoms with van der Waals surface area (Å²) in [5.74, 6) is 0.193. The lowest BCUT2D eigenvalue weighted by Gasteiger charge is -2.20. The molecule has 1 aromatic heterocycles. The van der Waals surface area contributed by atoms with Crippen molar-refractivity contribution in [3.05, 3.63) is 99.7 Å². The summed E-state index contributed by atoms with van der Waals surface area (Å²) in [6, 6.07) is 23.5. The molecule has 0 saturated carbocycles. The monoisotopic (exact) mass is 402 g/mol. The third-order valence-corrected chi connectivity index (χ3v) is 5.14. The van der Waals surface area contributed by atoms with Gasteiger partial charge < -0.3 is 9.88 Å². The van der Waals surface area contributed by atoms with Gasteiger partial charge in [-0.05, 0) is 48.9 Å². The maximum atomic E-state index is 13.4. The van der Waals surface area contributed by atoms with E-state index >= 15 is 0 Å². The minimum Gasteiger partial charge on any atom is -0.327 e. The first-order valence-electron chi connectivity index (χ1n) is 9.38. The zero-order chi connectivity index (χ0) is 20.4. The average Bonchev–Trinajstić information content (AvgIpc) is 2.75. The zero-order valence-electron chi connectivity index (χ0n) is 15.9. The Morgan fingerprint density at radius 3 is 2.28 bits per heavy atom. The number of nitrogens with zero attached hydrogens (tertiary/aromatic N) is 1. The Labute approximate surface area is 173 Å². The maximum absolute atomic E-state index is 13.4. The van der Waals surface area contributed by atoms with Gasteiger partial charge in [-0.25, -0.2) is 0 Å². The summed E-state index contributed by atoms with van der Waals surface area (Å²) in [5.41, 5.74) is 2.39. The Morgan fingerprint density at radius 1 is 0.931 bits per heavy atom. The van der Waals surface area contributed by atoms with Gasteiger partial charge in [0.2, 0.25) is 0 Å². The first-order valence-corrected chi connectivity index (χ1v) is 9.76. The van der Waals surface area contributed by atoms with Crippen LogP contribution in [0.25, 0.3) is 22.0 Å². The van der Waals surface area contributed by atoms with Gasteiger partial charge in [0.15, 0.2) is 5.43 Å². The predicted molar refractivity (Wildman–Crippen MR) is 119 cm³/mol. The summed E-state index contributed by atoms with van der Waals surface area (Å²) < 4.78 is 1.97. The molecule has 144 valence electrons. The molecule has 0 saturated heterocycles. The summed E-state index contributed by atoms with van der Waals surface area (Å²) in [7, 11) is 0. The number of pyridine rings is 1. The van der Waals surface area contributed by atoms with Crippen LogP contribution in [0.15, 0.2) is 83.7 Å². The molecule has 1 heterocycles. The Hall–Kier alpha value is -3.37. The van der Waals surface area contributed by atoms with Gasteiger partial charge in [-0.3, -0.25) is 9.59 Å². The molecule has 0 fully saturated rings. The van der Waals surface area contributed by atoms with Gasteiger partial charge in [0.1, 0.15) is 5.82 Å². The highest BCUT2D eigenvalue weighted by molar-refractivity contribution is 6.30. The number of nitrogens with one attached hydrogen (secondary N) is 1. The minimum atomic E-state index is -0.296. The molecule has 1 N–H and O–H groups in total. The smallest absolute Gasteiger partial charge is 0.256 e. The fraction of sp³-hybridized carbons (Fsp3) is 0.0833. The van der Waals surface area contributed by atoms with E-state index in [0.29, 0.717) is 33.9 Å². The number of carbonyl (C=O) groups excluding carboxylic acids is 1. The second-order valence-corrected chi connectivity index (χ2v) is 7.08. The van der Waals surface area contributed by atoms with Crippen molar-refractivity contribution in [3.8, 4) is 11.1 Å². The number of aryl methyl sites for hydroxylation is 1. The number of benzene rings is 3. The normalized spacial score (nSPS) is 10.8. The molecule has 0 unspecified atom stereocenters. The second kappa shape index (κ2) is 7.94. The minimum absolute atomic E-state index is 0.108. The summed E-state index contributed by atoms with van der Waals surface area (Å²) in [5, 5.41) is 4.16. The Balaban J connectivity index is 1.97. The lowest BCUT2D eigenvalue weighted by molar-refractivity contribution is 0.102. The second-order valence-electron chi connectivity index (χ2n) is 6.64. The quantitative estimate of drug-likeness (QED) is 0.483. The fourth-order valence-electron chi connectivity index (χ4n) is 3.51. The summed E-state index contributed by atoms with van der Waals surface area (Å²) in [6.45, 7) is 2.58. The Kier molecular flexibility index (Phi) is 5.19. The maximum Gasteiger partial charge on any atom is 0.256 e. The van der Waals surface area contributed by atoms with Crippen LogP contribution in [0.1, 0.15) is 17.3 Å². The van der Waals surface area contributed by atoms with E-state index < -0.39 is 0 Å². The third kappa shape index (κ3) is 3.55. The molecule has 0 radical (unpaired) electrons. The van der Waals surface area contributed by atoms with E-state index in [9.17, 15) is 9.59 Å². The number of carbonyl (C=O) groups is 1. The largest absolute Gasteiger partial charge is 0.327 e. The van der Waals surface area contributed by atoms with Gasteiger partial charge in [-0.1, -0.05) is 54.1 Å². The lowest BCUT2D eigenvalue weighted by atomic mass is 10.0.